The van der Waals surface area contributed by atoms with E-state index in [1.807, 2.05) is 37.3 Å². The fraction of sp³-hybridized carbons (Fsp3) is 0.235. The Morgan fingerprint density at radius 3 is 2.57 bits per heavy atom. The van der Waals surface area contributed by atoms with Crippen LogP contribution >= 0.6 is 0 Å². The van der Waals surface area contributed by atoms with Crippen LogP contribution in [0.15, 0.2) is 48.5 Å². The minimum Gasteiger partial charge on any atom is -0.497 e. The number of carbonyl (C=O) groups is 1. The number of methoxy groups -OCH3 is 1. The molecule has 0 aliphatic rings. The number of hydrogen-bond donors (Lipinski definition) is 2. The maximum Gasteiger partial charge on any atom is 0.231 e. The van der Waals surface area contributed by atoms with E-state index in [0.29, 0.717) is 17.1 Å². The standard InChI is InChI=1S/C17H20N2O2/c1-3-14(12-7-5-4-6-8-12)17(20)19-16-11-13(21-2)9-10-15(16)18/h4-11,14H,3,18H2,1-2H3,(H,19,20). The Labute approximate surface area is 124 Å². The summed E-state index contributed by atoms with van der Waals surface area (Å²) in [6.07, 6.45) is 0.722. The lowest BCUT2D eigenvalue weighted by Gasteiger charge is -2.17. The van der Waals surface area contributed by atoms with Crippen molar-refractivity contribution >= 4 is 17.3 Å². The zero-order valence-corrected chi connectivity index (χ0v) is 12.3. The summed E-state index contributed by atoms with van der Waals surface area (Å²) in [6, 6.07) is 14.9. The van der Waals surface area contributed by atoms with Gasteiger partial charge in [0.15, 0.2) is 0 Å². The second-order valence-corrected chi connectivity index (χ2v) is 4.81. The number of hydrogen-bond acceptors (Lipinski definition) is 3. The third kappa shape index (κ3) is 3.54. The lowest BCUT2D eigenvalue weighted by molar-refractivity contribution is -0.117. The van der Waals surface area contributed by atoms with E-state index in [4.69, 9.17) is 10.5 Å². The number of anilines is 2. The molecule has 0 saturated heterocycles. The first-order valence-electron chi connectivity index (χ1n) is 6.95. The number of rotatable bonds is 5. The highest BCUT2D eigenvalue weighted by molar-refractivity contribution is 5.98. The average molecular weight is 284 g/mol. The van der Waals surface area contributed by atoms with Gasteiger partial charge in [0.25, 0.3) is 0 Å². The molecule has 0 radical (unpaired) electrons. The Morgan fingerprint density at radius 1 is 1.24 bits per heavy atom. The molecule has 3 N–H and O–H groups in total. The highest BCUT2D eigenvalue weighted by atomic mass is 16.5. The quantitative estimate of drug-likeness (QED) is 0.827. The largest absolute Gasteiger partial charge is 0.497 e. The van der Waals surface area contributed by atoms with E-state index in [1.165, 1.54) is 0 Å². The Morgan fingerprint density at radius 2 is 1.95 bits per heavy atom. The fourth-order valence-electron chi connectivity index (χ4n) is 2.25. The Bertz CT molecular complexity index is 611. The van der Waals surface area contributed by atoms with Gasteiger partial charge in [-0.25, -0.2) is 0 Å². The van der Waals surface area contributed by atoms with E-state index in [1.54, 1.807) is 25.3 Å². The van der Waals surface area contributed by atoms with Crippen molar-refractivity contribution < 1.29 is 9.53 Å². The molecule has 2 aromatic rings. The van der Waals surface area contributed by atoms with E-state index in [-0.39, 0.29) is 11.8 Å². The van der Waals surface area contributed by atoms with Crippen molar-refractivity contribution in [3.05, 3.63) is 54.1 Å². The van der Waals surface area contributed by atoms with Crippen LogP contribution in [0.1, 0.15) is 24.8 Å². The van der Waals surface area contributed by atoms with Crippen LogP contribution in [0.3, 0.4) is 0 Å². The normalized spacial score (nSPS) is 11.7. The van der Waals surface area contributed by atoms with Crippen molar-refractivity contribution in [1.82, 2.24) is 0 Å². The molecule has 0 aliphatic carbocycles. The molecule has 0 spiro atoms. The molecule has 2 aromatic carbocycles. The molecule has 0 aliphatic heterocycles. The molecular weight excluding hydrogens is 264 g/mol. The summed E-state index contributed by atoms with van der Waals surface area (Å²) in [5.41, 5.74) is 8.00. The van der Waals surface area contributed by atoms with Gasteiger partial charge in [0.1, 0.15) is 5.75 Å². The van der Waals surface area contributed by atoms with Crippen LogP contribution < -0.4 is 15.8 Å². The number of benzene rings is 2. The Kier molecular flexibility index (Phi) is 4.82. The van der Waals surface area contributed by atoms with Gasteiger partial charge >= 0.3 is 0 Å². The lowest BCUT2D eigenvalue weighted by Crippen LogP contribution is -2.21. The summed E-state index contributed by atoms with van der Waals surface area (Å²) in [4.78, 5) is 12.5. The van der Waals surface area contributed by atoms with Crippen LogP contribution in [-0.2, 0) is 4.79 Å². The number of nitrogen functional groups attached to an aromatic ring is 1. The molecule has 110 valence electrons. The van der Waals surface area contributed by atoms with Crippen molar-refractivity contribution in [3.8, 4) is 5.75 Å². The highest BCUT2D eigenvalue weighted by Crippen LogP contribution is 2.27. The van der Waals surface area contributed by atoms with Crippen molar-refractivity contribution in [3.63, 3.8) is 0 Å². The monoisotopic (exact) mass is 284 g/mol. The number of amides is 1. The number of nitrogens with two attached hydrogens (primary N) is 1. The van der Waals surface area contributed by atoms with Crippen LogP contribution in [0.4, 0.5) is 11.4 Å². The van der Waals surface area contributed by atoms with Crippen LogP contribution in [0.2, 0.25) is 0 Å². The molecule has 4 heteroatoms. The van der Waals surface area contributed by atoms with E-state index in [9.17, 15) is 4.79 Å². The molecule has 1 unspecified atom stereocenters. The summed E-state index contributed by atoms with van der Waals surface area (Å²) in [7, 11) is 1.58. The van der Waals surface area contributed by atoms with Crippen LogP contribution in [0.25, 0.3) is 0 Å². The van der Waals surface area contributed by atoms with Gasteiger partial charge in [0, 0.05) is 6.07 Å². The first-order valence-corrected chi connectivity index (χ1v) is 6.95. The minimum atomic E-state index is -0.197. The first kappa shape index (κ1) is 14.9. The Balaban J connectivity index is 2.20. The highest BCUT2D eigenvalue weighted by Gasteiger charge is 2.19. The SMILES string of the molecule is CCC(C(=O)Nc1cc(OC)ccc1N)c1ccccc1. The zero-order chi connectivity index (χ0) is 15.2. The topological polar surface area (TPSA) is 64.3 Å². The predicted molar refractivity (Wildman–Crippen MR) is 85.5 cm³/mol. The maximum absolute atomic E-state index is 12.5. The number of nitrogens with one attached hydrogen (secondary N) is 1. The van der Waals surface area contributed by atoms with E-state index < -0.39 is 0 Å². The van der Waals surface area contributed by atoms with Crippen LogP contribution in [-0.4, -0.2) is 13.0 Å². The molecule has 0 saturated carbocycles. The molecule has 1 amide bonds. The summed E-state index contributed by atoms with van der Waals surface area (Å²) < 4.78 is 5.16. The van der Waals surface area contributed by atoms with Gasteiger partial charge in [0.2, 0.25) is 5.91 Å². The molecule has 0 bridgehead atoms. The van der Waals surface area contributed by atoms with Gasteiger partial charge < -0.3 is 15.8 Å². The second-order valence-electron chi connectivity index (χ2n) is 4.81. The average Bonchev–Trinajstić information content (AvgIpc) is 2.51. The number of carbonyl (C=O) groups excluding carboxylic acids is 1. The molecule has 1 atom stereocenters. The van der Waals surface area contributed by atoms with Crippen molar-refractivity contribution in [1.29, 1.82) is 0 Å². The van der Waals surface area contributed by atoms with Gasteiger partial charge in [-0.3, -0.25) is 4.79 Å². The van der Waals surface area contributed by atoms with E-state index in [0.717, 1.165) is 12.0 Å². The van der Waals surface area contributed by atoms with Crippen molar-refractivity contribution in [2.24, 2.45) is 0 Å². The van der Waals surface area contributed by atoms with Crippen LogP contribution in [0, 0.1) is 0 Å². The molecule has 2 rings (SSSR count). The lowest BCUT2D eigenvalue weighted by atomic mass is 9.95. The molecular formula is C17H20N2O2. The Hall–Kier alpha value is -2.49. The van der Waals surface area contributed by atoms with Gasteiger partial charge in [-0.05, 0) is 24.1 Å². The molecule has 0 fully saturated rings. The number of ether oxygens (including phenoxy) is 1. The van der Waals surface area contributed by atoms with Gasteiger partial charge in [-0.2, -0.15) is 0 Å². The molecule has 0 aromatic heterocycles. The van der Waals surface area contributed by atoms with E-state index in [2.05, 4.69) is 5.32 Å². The summed E-state index contributed by atoms with van der Waals surface area (Å²) in [5.74, 6) is 0.396. The van der Waals surface area contributed by atoms with Crippen molar-refractivity contribution in [2.75, 3.05) is 18.2 Å². The predicted octanol–water partition coefficient (Wildman–Crippen LogP) is 3.41. The zero-order valence-electron chi connectivity index (χ0n) is 12.3. The minimum absolute atomic E-state index is 0.0661. The molecule has 4 nitrogen and oxygen atoms in total. The summed E-state index contributed by atoms with van der Waals surface area (Å²) in [6.45, 7) is 1.99. The van der Waals surface area contributed by atoms with Gasteiger partial charge in [-0.15, -0.1) is 0 Å². The first-order chi connectivity index (χ1) is 10.2. The van der Waals surface area contributed by atoms with Gasteiger partial charge in [-0.1, -0.05) is 37.3 Å². The smallest absolute Gasteiger partial charge is 0.231 e. The summed E-state index contributed by atoms with van der Waals surface area (Å²) in [5, 5.41) is 2.89. The van der Waals surface area contributed by atoms with Crippen molar-refractivity contribution in [2.45, 2.75) is 19.3 Å². The van der Waals surface area contributed by atoms with Crippen LogP contribution in [0.5, 0.6) is 5.75 Å². The maximum atomic E-state index is 12.5. The molecule has 0 heterocycles. The second kappa shape index (κ2) is 6.79. The van der Waals surface area contributed by atoms with Gasteiger partial charge in [0.05, 0.1) is 24.4 Å². The third-order valence-electron chi connectivity index (χ3n) is 3.45. The fourth-order valence-corrected chi connectivity index (χ4v) is 2.25. The third-order valence-corrected chi connectivity index (χ3v) is 3.45. The van der Waals surface area contributed by atoms with E-state index >= 15 is 0 Å². The molecule has 21 heavy (non-hydrogen) atoms. The summed E-state index contributed by atoms with van der Waals surface area (Å²) >= 11 is 0.